The summed E-state index contributed by atoms with van der Waals surface area (Å²) in [6, 6.07) is 22.8. The number of fused-ring (bicyclic) bond motifs is 1. The highest BCUT2D eigenvalue weighted by atomic mass is 16.5. The molecule has 0 fully saturated rings. The van der Waals surface area contributed by atoms with Gasteiger partial charge in [-0.15, -0.1) is 0 Å². The lowest BCUT2D eigenvalue weighted by molar-refractivity contribution is 0.0946. The topological polar surface area (TPSA) is 125 Å². The van der Waals surface area contributed by atoms with Crippen molar-refractivity contribution >= 4 is 17.6 Å². The highest BCUT2D eigenvalue weighted by Crippen LogP contribution is 2.35. The fourth-order valence-corrected chi connectivity index (χ4v) is 4.77. The number of para-hydroxylation sites is 1. The van der Waals surface area contributed by atoms with Crippen molar-refractivity contribution in [1.29, 1.82) is 0 Å². The number of nitrogen functional groups attached to an aromatic ring is 1. The second kappa shape index (κ2) is 9.58. The van der Waals surface area contributed by atoms with Gasteiger partial charge in [0.25, 0.3) is 11.8 Å². The van der Waals surface area contributed by atoms with Crippen molar-refractivity contribution in [3.05, 3.63) is 101 Å². The second-order valence-corrected chi connectivity index (χ2v) is 8.83. The molecule has 0 unspecified atom stereocenters. The highest BCUT2D eigenvalue weighted by molar-refractivity contribution is 6.03. The molecular formula is C28H27N5O3. The predicted octanol–water partition coefficient (Wildman–Crippen LogP) is 3.51. The number of rotatable bonds is 7. The average molecular weight is 482 g/mol. The molecule has 0 saturated carbocycles. The molecule has 1 aliphatic carbocycles. The third kappa shape index (κ3) is 4.29. The first-order valence-corrected chi connectivity index (χ1v) is 11.7. The number of methoxy groups -OCH3 is 1. The number of carbonyl (C=O) groups excluding carboxylic acids is 2. The molecule has 5 N–H and O–H groups in total. The lowest BCUT2D eigenvalue weighted by Gasteiger charge is -2.12. The van der Waals surface area contributed by atoms with E-state index >= 15 is 0 Å². The van der Waals surface area contributed by atoms with Gasteiger partial charge in [-0.2, -0.15) is 5.10 Å². The summed E-state index contributed by atoms with van der Waals surface area (Å²) >= 11 is 0. The Morgan fingerprint density at radius 2 is 1.64 bits per heavy atom. The van der Waals surface area contributed by atoms with E-state index in [2.05, 4.69) is 17.4 Å². The molecule has 0 atom stereocenters. The van der Waals surface area contributed by atoms with Gasteiger partial charge in [0, 0.05) is 12.1 Å². The molecule has 0 spiro atoms. The van der Waals surface area contributed by atoms with E-state index in [1.807, 2.05) is 42.5 Å². The molecule has 2 amide bonds. The Labute approximate surface area is 208 Å². The Morgan fingerprint density at radius 3 is 2.28 bits per heavy atom. The van der Waals surface area contributed by atoms with Crippen LogP contribution >= 0.6 is 0 Å². The van der Waals surface area contributed by atoms with E-state index in [1.54, 1.807) is 22.9 Å². The minimum atomic E-state index is -0.614. The van der Waals surface area contributed by atoms with Gasteiger partial charge >= 0.3 is 0 Å². The third-order valence-electron chi connectivity index (χ3n) is 6.60. The molecule has 1 aromatic heterocycles. The van der Waals surface area contributed by atoms with Crippen LogP contribution in [0.5, 0.6) is 5.75 Å². The lowest BCUT2D eigenvalue weighted by Crippen LogP contribution is -2.23. The first kappa shape index (κ1) is 23.2. The van der Waals surface area contributed by atoms with Crippen LogP contribution in [0.1, 0.15) is 43.4 Å². The van der Waals surface area contributed by atoms with Crippen molar-refractivity contribution < 1.29 is 14.3 Å². The standard InChI is InChI=1S/C28H27N5O3/c1-36-23-9-5-4-8-22(23)28(35)31-16-17-10-12-18(13-11-17)25-24(27(30)34)26(29)33(32-25)21-14-19-6-2-3-7-20(19)15-21/h2-13,21H,14-16,29H2,1H3,(H2,30,34)(H,31,35). The van der Waals surface area contributed by atoms with Gasteiger partial charge in [-0.3, -0.25) is 9.59 Å². The van der Waals surface area contributed by atoms with Crippen LogP contribution in [-0.2, 0) is 19.4 Å². The number of carbonyl (C=O) groups is 2. The number of nitrogens with one attached hydrogen (secondary N) is 1. The number of nitrogens with two attached hydrogens (primary N) is 2. The Hall–Kier alpha value is -4.59. The third-order valence-corrected chi connectivity index (χ3v) is 6.60. The van der Waals surface area contributed by atoms with Crippen molar-refractivity contribution in [2.24, 2.45) is 5.73 Å². The number of ether oxygens (including phenoxy) is 1. The summed E-state index contributed by atoms with van der Waals surface area (Å²) in [4.78, 5) is 24.9. The van der Waals surface area contributed by atoms with E-state index in [-0.39, 0.29) is 23.3 Å². The van der Waals surface area contributed by atoms with Crippen molar-refractivity contribution in [1.82, 2.24) is 15.1 Å². The van der Waals surface area contributed by atoms with E-state index in [4.69, 9.17) is 21.3 Å². The van der Waals surface area contributed by atoms with Gasteiger partial charge < -0.3 is 21.5 Å². The maximum Gasteiger partial charge on any atom is 0.255 e. The average Bonchev–Trinajstić information content (AvgIpc) is 3.48. The van der Waals surface area contributed by atoms with E-state index in [1.165, 1.54) is 18.2 Å². The SMILES string of the molecule is COc1ccccc1C(=O)NCc1ccc(-c2nn(C3Cc4ccccc4C3)c(N)c2C(N)=O)cc1. The van der Waals surface area contributed by atoms with Crippen LogP contribution in [0.2, 0.25) is 0 Å². The summed E-state index contributed by atoms with van der Waals surface area (Å²) in [5.74, 6) is -0.0413. The zero-order chi connectivity index (χ0) is 25.2. The monoisotopic (exact) mass is 481 g/mol. The van der Waals surface area contributed by atoms with Crippen LogP contribution in [0.3, 0.4) is 0 Å². The largest absolute Gasteiger partial charge is 0.496 e. The molecule has 0 saturated heterocycles. The summed E-state index contributed by atoms with van der Waals surface area (Å²) in [6.45, 7) is 0.330. The Kier molecular flexibility index (Phi) is 6.16. The van der Waals surface area contributed by atoms with Crippen molar-refractivity contribution in [2.75, 3.05) is 12.8 Å². The number of aromatic nitrogens is 2. The normalized spacial score (nSPS) is 12.8. The summed E-state index contributed by atoms with van der Waals surface area (Å²) in [7, 11) is 1.53. The Balaban J connectivity index is 1.35. The van der Waals surface area contributed by atoms with Gasteiger partial charge in [0.2, 0.25) is 0 Å². The first-order chi connectivity index (χ1) is 17.5. The maximum atomic E-state index is 12.6. The predicted molar refractivity (Wildman–Crippen MR) is 138 cm³/mol. The van der Waals surface area contributed by atoms with Crippen LogP contribution in [0.4, 0.5) is 5.82 Å². The molecular weight excluding hydrogens is 454 g/mol. The number of hydrogen-bond donors (Lipinski definition) is 3. The fraction of sp³-hybridized carbons (Fsp3) is 0.179. The number of benzene rings is 3. The number of amides is 2. The number of primary amides is 1. The number of nitrogens with zero attached hydrogens (tertiary/aromatic N) is 2. The molecule has 4 aromatic rings. The molecule has 0 radical (unpaired) electrons. The number of hydrogen-bond acceptors (Lipinski definition) is 5. The van der Waals surface area contributed by atoms with Crippen LogP contribution in [-0.4, -0.2) is 28.7 Å². The minimum absolute atomic E-state index is 0.0266. The molecule has 1 heterocycles. The Morgan fingerprint density at radius 1 is 1.00 bits per heavy atom. The van der Waals surface area contributed by atoms with Crippen molar-refractivity contribution in [3.63, 3.8) is 0 Å². The molecule has 0 aliphatic heterocycles. The second-order valence-electron chi connectivity index (χ2n) is 8.83. The summed E-state index contributed by atoms with van der Waals surface area (Å²) < 4.78 is 7.00. The van der Waals surface area contributed by atoms with Gasteiger partial charge in [0.15, 0.2) is 0 Å². The van der Waals surface area contributed by atoms with Crippen LogP contribution < -0.4 is 21.5 Å². The van der Waals surface area contributed by atoms with Gasteiger partial charge in [-0.05, 0) is 41.7 Å². The quantitative estimate of drug-likeness (QED) is 0.372. The minimum Gasteiger partial charge on any atom is -0.496 e. The van der Waals surface area contributed by atoms with Gasteiger partial charge in [-0.1, -0.05) is 60.7 Å². The summed E-state index contributed by atoms with van der Waals surface area (Å²) in [5.41, 5.74) is 17.4. The molecule has 8 heteroatoms. The summed E-state index contributed by atoms with van der Waals surface area (Å²) in [6.07, 6.45) is 1.59. The van der Waals surface area contributed by atoms with Crippen LogP contribution in [0, 0.1) is 0 Å². The first-order valence-electron chi connectivity index (χ1n) is 11.7. The molecule has 0 bridgehead atoms. The van der Waals surface area contributed by atoms with E-state index in [0.717, 1.165) is 24.0 Å². The fourth-order valence-electron chi connectivity index (χ4n) is 4.77. The number of anilines is 1. The molecule has 36 heavy (non-hydrogen) atoms. The molecule has 182 valence electrons. The molecule has 8 nitrogen and oxygen atoms in total. The van der Waals surface area contributed by atoms with Gasteiger partial charge in [0.05, 0.1) is 18.7 Å². The Bertz CT molecular complexity index is 1420. The smallest absolute Gasteiger partial charge is 0.255 e. The maximum absolute atomic E-state index is 12.6. The van der Waals surface area contributed by atoms with E-state index in [9.17, 15) is 9.59 Å². The molecule has 1 aliphatic rings. The molecule has 5 rings (SSSR count). The lowest BCUT2D eigenvalue weighted by atomic mass is 10.0. The zero-order valence-corrected chi connectivity index (χ0v) is 19.9. The summed E-state index contributed by atoms with van der Waals surface area (Å²) in [5, 5.41) is 7.64. The zero-order valence-electron chi connectivity index (χ0n) is 19.9. The van der Waals surface area contributed by atoms with Crippen molar-refractivity contribution in [3.8, 4) is 17.0 Å². The van der Waals surface area contributed by atoms with Gasteiger partial charge in [0.1, 0.15) is 22.8 Å². The van der Waals surface area contributed by atoms with E-state index < -0.39 is 5.91 Å². The highest BCUT2D eigenvalue weighted by Gasteiger charge is 2.29. The van der Waals surface area contributed by atoms with Crippen molar-refractivity contribution in [2.45, 2.75) is 25.4 Å². The van der Waals surface area contributed by atoms with Crippen LogP contribution in [0.15, 0.2) is 72.8 Å². The van der Waals surface area contributed by atoms with Crippen LogP contribution in [0.25, 0.3) is 11.3 Å². The van der Waals surface area contributed by atoms with E-state index in [0.29, 0.717) is 23.6 Å². The van der Waals surface area contributed by atoms with Gasteiger partial charge in [-0.25, -0.2) is 4.68 Å². The molecule has 3 aromatic carbocycles.